The fourth-order valence-electron chi connectivity index (χ4n) is 1.86. The van der Waals surface area contributed by atoms with Crippen LogP contribution in [-0.2, 0) is 11.3 Å². The predicted molar refractivity (Wildman–Crippen MR) is 84.8 cm³/mol. The van der Waals surface area contributed by atoms with E-state index in [0.717, 1.165) is 5.56 Å². The molecule has 0 unspecified atom stereocenters. The molecule has 5 heteroatoms. The van der Waals surface area contributed by atoms with E-state index in [1.165, 1.54) is 0 Å². The highest BCUT2D eigenvalue weighted by molar-refractivity contribution is 6.31. The third-order valence-corrected chi connectivity index (χ3v) is 3.28. The van der Waals surface area contributed by atoms with E-state index in [1.54, 1.807) is 13.2 Å². The summed E-state index contributed by atoms with van der Waals surface area (Å²) in [5, 5.41) is 6.56. The molecule has 2 aromatic carbocycles. The Morgan fingerprint density at radius 3 is 2.76 bits per heavy atom. The van der Waals surface area contributed by atoms with E-state index in [1.807, 2.05) is 42.5 Å². The zero-order chi connectivity index (χ0) is 15.1. The quantitative estimate of drug-likeness (QED) is 0.862. The van der Waals surface area contributed by atoms with Crippen LogP contribution in [0, 0.1) is 0 Å². The first kappa shape index (κ1) is 15.4. The number of benzene rings is 2. The molecule has 1 amide bonds. The van der Waals surface area contributed by atoms with Crippen LogP contribution >= 0.6 is 11.6 Å². The number of hydrogen-bond acceptors (Lipinski definition) is 3. The fourth-order valence-corrected chi connectivity index (χ4v) is 2.06. The van der Waals surface area contributed by atoms with Crippen LogP contribution in [0.25, 0.3) is 0 Å². The summed E-state index contributed by atoms with van der Waals surface area (Å²) < 4.78 is 5.11. The molecule has 0 saturated carbocycles. The van der Waals surface area contributed by atoms with Crippen molar-refractivity contribution in [3.63, 3.8) is 0 Å². The lowest BCUT2D eigenvalue weighted by molar-refractivity contribution is -0.115. The molecule has 0 aliphatic carbocycles. The highest BCUT2D eigenvalue weighted by Crippen LogP contribution is 2.16. The van der Waals surface area contributed by atoms with Gasteiger partial charge in [0.15, 0.2) is 0 Å². The van der Waals surface area contributed by atoms with Gasteiger partial charge in [-0.1, -0.05) is 35.9 Å². The van der Waals surface area contributed by atoms with Gasteiger partial charge in [0.2, 0.25) is 5.91 Å². The van der Waals surface area contributed by atoms with Gasteiger partial charge in [0.05, 0.1) is 13.7 Å². The van der Waals surface area contributed by atoms with Crippen molar-refractivity contribution in [2.24, 2.45) is 0 Å². The van der Waals surface area contributed by atoms with Crippen molar-refractivity contribution in [1.82, 2.24) is 5.32 Å². The number of nitrogens with one attached hydrogen (secondary N) is 2. The van der Waals surface area contributed by atoms with Crippen molar-refractivity contribution in [3.8, 4) is 5.75 Å². The maximum atomic E-state index is 11.8. The number of halogens is 1. The zero-order valence-electron chi connectivity index (χ0n) is 11.7. The van der Waals surface area contributed by atoms with Crippen molar-refractivity contribution in [3.05, 3.63) is 59.1 Å². The predicted octanol–water partition coefficient (Wildman–Crippen LogP) is 3.08. The molecule has 0 aliphatic heterocycles. The molecule has 2 rings (SSSR count). The number of methoxy groups -OCH3 is 1. The van der Waals surface area contributed by atoms with Crippen LogP contribution in [0.1, 0.15) is 5.56 Å². The molecule has 0 aromatic heterocycles. The van der Waals surface area contributed by atoms with Gasteiger partial charge >= 0.3 is 0 Å². The minimum atomic E-state index is -0.115. The first-order valence-electron chi connectivity index (χ1n) is 6.57. The molecule has 4 nitrogen and oxygen atoms in total. The molecule has 0 spiro atoms. The Morgan fingerprint density at radius 2 is 2.00 bits per heavy atom. The number of ether oxygens (including phenoxy) is 1. The molecule has 0 atom stereocenters. The smallest absolute Gasteiger partial charge is 0.238 e. The lowest BCUT2D eigenvalue weighted by Gasteiger charge is -2.08. The number of carbonyl (C=O) groups is 1. The fraction of sp³-hybridized carbons (Fsp3) is 0.188. The second kappa shape index (κ2) is 7.67. The second-order valence-electron chi connectivity index (χ2n) is 4.48. The minimum absolute atomic E-state index is 0.115. The van der Waals surface area contributed by atoms with E-state index in [2.05, 4.69) is 10.6 Å². The number of anilines is 1. The Bertz CT molecular complexity index is 617. The standard InChI is InChI=1S/C16H17ClN2O2/c1-21-14-7-4-6-13(9-14)19-16(20)11-18-10-12-5-2-3-8-15(12)17/h2-9,18H,10-11H2,1H3,(H,19,20). The van der Waals surface area contributed by atoms with E-state index in [-0.39, 0.29) is 12.5 Å². The molecule has 0 radical (unpaired) electrons. The Kier molecular flexibility index (Phi) is 5.60. The third-order valence-electron chi connectivity index (χ3n) is 2.91. The Morgan fingerprint density at radius 1 is 1.19 bits per heavy atom. The van der Waals surface area contributed by atoms with Crippen LogP contribution in [0.2, 0.25) is 5.02 Å². The number of hydrogen-bond donors (Lipinski definition) is 2. The zero-order valence-corrected chi connectivity index (χ0v) is 12.5. The van der Waals surface area contributed by atoms with Crippen LogP contribution in [0.3, 0.4) is 0 Å². The largest absolute Gasteiger partial charge is 0.497 e. The van der Waals surface area contributed by atoms with Gasteiger partial charge in [0.1, 0.15) is 5.75 Å². The summed E-state index contributed by atoms with van der Waals surface area (Å²) in [6.45, 7) is 0.758. The van der Waals surface area contributed by atoms with Crippen LogP contribution in [-0.4, -0.2) is 19.6 Å². The molecule has 0 saturated heterocycles. The van der Waals surface area contributed by atoms with Gasteiger partial charge in [-0.3, -0.25) is 4.79 Å². The third kappa shape index (κ3) is 4.77. The molecule has 21 heavy (non-hydrogen) atoms. The number of carbonyl (C=O) groups excluding carboxylic acids is 1. The summed E-state index contributed by atoms with van der Waals surface area (Å²) in [7, 11) is 1.59. The average molecular weight is 305 g/mol. The highest BCUT2D eigenvalue weighted by Gasteiger charge is 2.04. The first-order chi connectivity index (χ1) is 10.2. The minimum Gasteiger partial charge on any atom is -0.497 e. The maximum Gasteiger partial charge on any atom is 0.238 e. The summed E-state index contributed by atoms with van der Waals surface area (Å²) in [6, 6.07) is 14.8. The molecular formula is C16H17ClN2O2. The van der Waals surface area contributed by atoms with Gasteiger partial charge in [-0.05, 0) is 23.8 Å². The number of amides is 1. The van der Waals surface area contributed by atoms with Crippen molar-refractivity contribution >= 4 is 23.2 Å². The van der Waals surface area contributed by atoms with Gasteiger partial charge in [-0.15, -0.1) is 0 Å². The summed E-state index contributed by atoms with van der Waals surface area (Å²) >= 11 is 6.05. The van der Waals surface area contributed by atoms with E-state index in [4.69, 9.17) is 16.3 Å². The van der Waals surface area contributed by atoms with Crippen LogP contribution in [0.4, 0.5) is 5.69 Å². The molecule has 2 N–H and O–H groups in total. The van der Waals surface area contributed by atoms with Gasteiger partial charge in [0, 0.05) is 23.3 Å². The summed E-state index contributed by atoms with van der Waals surface area (Å²) in [6.07, 6.45) is 0. The van der Waals surface area contributed by atoms with Crippen LogP contribution in [0.5, 0.6) is 5.75 Å². The maximum absolute atomic E-state index is 11.8. The molecule has 0 fully saturated rings. The van der Waals surface area contributed by atoms with E-state index in [0.29, 0.717) is 23.0 Å². The lowest BCUT2D eigenvalue weighted by Crippen LogP contribution is -2.27. The summed E-state index contributed by atoms with van der Waals surface area (Å²) in [4.78, 5) is 11.8. The van der Waals surface area contributed by atoms with Crippen molar-refractivity contribution in [2.75, 3.05) is 19.0 Å². The molecule has 2 aromatic rings. The van der Waals surface area contributed by atoms with Crippen LogP contribution in [0.15, 0.2) is 48.5 Å². The Hall–Kier alpha value is -2.04. The molecule has 110 valence electrons. The Balaban J connectivity index is 1.81. The van der Waals surface area contributed by atoms with Crippen molar-refractivity contribution < 1.29 is 9.53 Å². The van der Waals surface area contributed by atoms with Crippen molar-refractivity contribution in [1.29, 1.82) is 0 Å². The lowest BCUT2D eigenvalue weighted by atomic mass is 10.2. The van der Waals surface area contributed by atoms with Crippen molar-refractivity contribution in [2.45, 2.75) is 6.54 Å². The van der Waals surface area contributed by atoms with Gasteiger partial charge in [0.25, 0.3) is 0 Å². The van der Waals surface area contributed by atoms with Crippen LogP contribution < -0.4 is 15.4 Å². The molecular weight excluding hydrogens is 288 g/mol. The summed E-state index contributed by atoms with van der Waals surface area (Å²) in [5.41, 5.74) is 1.67. The Labute approximate surface area is 129 Å². The monoisotopic (exact) mass is 304 g/mol. The average Bonchev–Trinajstić information content (AvgIpc) is 2.49. The van der Waals surface area contributed by atoms with Gasteiger partial charge in [-0.2, -0.15) is 0 Å². The van der Waals surface area contributed by atoms with E-state index < -0.39 is 0 Å². The normalized spacial score (nSPS) is 10.2. The van der Waals surface area contributed by atoms with Gasteiger partial charge < -0.3 is 15.4 Å². The molecule has 0 heterocycles. The SMILES string of the molecule is COc1cccc(NC(=O)CNCc2ccccc2Cl)c1. The second-order valence-corrected chi connectivity index (χ2v) is 4.88. The van der Waals surface area contributed by atoms with E-state index >= 15 is 0 Å². The van der Waals surface area contributed by atoms with E-state index in [9.17, 15) is 4.79 Å². The highest BCUT2D eigenvalue weighted by atomic mass is 35.5. The first-order valence-corrected chi connectivity index (χ1v) is 6.95. The topological polar surface area (TPSA) is 50.4 Å². The molecule has 0 aliphatic rings. The van der Waals surface area contributed by atoms with Gasteiger partial charge in [-0.25, -0.2) is 0 Å². The summed E-state index contributed by atoms with van der Waals surface area (Å²) in [5.74, 6) is 0.590. The number of rotatable bonds is 6. The molecule has 0 bridgehead atoms.